The van der Waals surface area contributed by atoms with Crippen LogP contribution in [-0.4, -0.2) is 30.5 Å². The van der Waals surface area contributed by atoms with E-state index in [4.69, 9.17) is 9.47 Å². The quantitative estimate of drug-likeness (QED) is 0.244. The van der Waals surface area contributed by atoms with Gasteiger partial charge in [0.25, 0.3) is 11.6 Å². The van der Waals surface area contributed by atoms with Gasteiger partial charge in [-0.2, -0.15) is 5.26 Å². The largest absolute Gasteiger partial charge is 0.497 e. The van der Waals surface area contributed by atoms with E-state index in [1.807, 2.05) is 0 Å². The van der Waals surface area contributed by atoms with Crippen molar-refractivity contribution in [2.75, 3.05) is 19.0 Å². The lowest BCUT2D eigenvalue weighted by molar-refractivity contribution is -0.384. The van der Waals surface area contributed by atoms with Crippen molar-refractivity contribution in [1.29, 1.82) is 5.26 Å². The highest BCUT2D eigenvalue weighted by Gasteiger charge is 2.20. The Morgan fingerprint density at radius 3 is 2.43 bits per heavy atom. The second-order valence-corrected chi connectivity index (χ2v) is 6.23. The molecule has 0 aliphatic heterocycles. The monoisotopic (exact) mass is 409 g/mol. The van der Waals surface area contributed by atoms with Crippen molar-refractivity contribution in [3.8, 4) is 11.8 Å². The number of carbonyl (C=O) groups excluding carboxylic acids is 2. The fourth-order valence-corrected chi connectivity index (χ4v) is 2.50. The molecule has 0 saturated heterocycles. The number of amides is 1. The normalized spacial score (nSPS) is 10.7. The molecule has 0 radical (unpaired) electrons. The Morgan fingerprint density at radius 1 is 1.20 bits per heavy atom. The number of methoxy groups -OCH3 is 1. The molecule has 2 aromatic rings. The molecule has 9 nitrogen and oxygen atoms in total. The van der Waals surface area contributed by atoms with Gasteiger partial charge in [0.1, 0.15) is 23.1 Å². The molecule has 1 N–H and O–H groups in total. The maximum Gasteiger partial charge on any atom is 0.349 e. The summed E-state index contributed by atoms with van der Waals surface area (Å²) >= 11 is 0. The minimum absolute atomic E-state index is 0.0373. The molecule has 0 bridgehead atoms. The molecule has 0 aliphatic carbocycles. The number of aryl methyl sites for hydroxylation is 1. The van der Waals surface area contributed by atoms with Crippen LogP contribution in [0, 0.1) is 35.3 Å². The van der Waals surface area contributed by atoms with Crippen molar-refractivity contribution in [3.63, 3.8) is 0 Å². The number of anilines is 1. The molecule has 0 aromatic heterocycles. The van der Waals surface area contributed by atoms with Crippen molar-refractivity contribution in [2.24, 2.45) is 0 Å². The number of carbonyl (C=O) groups is 2. The van der Waals surface area contributed by atoms with Crippen LogP contribution in [0.5, 0.6) is 5.75 Å². The number of hydrogen-bond donors (Lipinski definition) is 1. The van der Waals surface area contributed by atoms with Gasteiger partial charge in [-0.05, 0) is 48.7 Å². The number of benzene rings is 2. The van der Waals surface area contributed by atoms with E-state index >= 15 is 0 Å². The van der Waals surface area contributed by atoms with Crippen LogP contribution in [0.4, 0.5) is 11.4 Å². The molecule has 2 aromatic carbocycles. The summed E-state index contributed by atoms with van der Waals surface area (Å²) in [6, 6.07) is 11.2. The third-order valence-electron chi connectivity index (χ3n) is 4.28. The fraction of sp³-hybridized carbons (Fsp3) is 0.190. The first-order valence-corrected chi connectivity index (χ1v) is 8.74. The van der Waals surface area contributed by atoms with Crippen LogP contribution in [0.2, 0.25) is 0 Å². The number of nitriles is 1. The van der Waals surface area contributed by atoms with Gasteiger partial charge in [-0.1, -0.05) is 18.2 Å². The van der Waals surface area contributed by atoms with Gasteiger partial charge in [-0.3, -0.25) is 14.9 Å². The highest BCUT2D eigenvalue weighted by atomic mass is 16.6. The lowest BCUT2D eigenvalue weighted by Crippen LogP contribution is -2.22. The lowest BCUT2D eigenvalue weighted by atomic mass is 10.1. The van der Waals surface area contributed by atoms with Gasteiger partial charge in [-0.25, -0.2) is 4.79 Å². The second-order valence-electron chi connectivity index (χ2n) is 6.23. The molecule has 0 heterocycles. The smallest absolute Gasteiger partial charge is 0.349 e. The molecule has 0 atom stereocenters. The molecule has 0 fully saturated rings. The third-order valence-corrected chi connectivity index (χ3v) is 4.28. The zero-order valence-corrected chi connectivity index (χ0v) is 16.6. The van der Waals surface area contributed by atoms with Crippen LogP contribution in [0.1, 0.15) is 16.7 Å². The predicted octanol–water partition coefficient (Wildman–Crippen LogP) is 3.31. The first-order valence-electron chi connectivity index (χ1n) is 8.74. The summed E-state index contributed by atoms with van der Waals surface area (Å²) in [5.41, 5.74) is 1.32. The third kappa shape index (κ3) is 5.42. The SMILES string of the molecule is COc1ccc(/C=C(\C#N)C(=O)OCC(=O)Nc2c([N+](=O)[O-])ccc(C)c2C)cc1. The predicted molar refractivity (Wildman–Crippen MR) is 109 cm³/mol. The minimum atomic E-state index is -0.987. The maximum atomic E-state index is 12.2. The molecule has 2 rings (SSSR count). The molecular formula is C21H19N3O6. The number of esters is 1. The molecular weight excluding hydrogens is 390 g/mol. The molecule has 30 heavy (non-hydrogen) atoms. The van der Waals surface area contributed by atoms with Crippen molar-refractivity contribution >= 4 is 29.3 Å². The Kier molecular flexibility index (Phi) is 7.25. The second kappa shape index (κ2) is 9.84. The number of nitrogens with zero attached hydrogens (tertiary/aromatic N) is 2. The van der Waals surface area contributed by atoms with E-state index in [-0.39, 0.29) is 16.9 Å². The first-order chi connectivity index (χ1) is 14.3. The Hall–Kier alpha value is -4.19. The number of rotatable bonds is 7. The number of ether oxygens (including phenoxy) is 2. The Morgan fingerprint density at radius 2 is 1.87 bits per heavy atom. The standard InChI is InChI=1S/C21H19N3O6/c1-13-4-9-18(24(27)28)20(14(13)2)23-19(25)12-30-21(26)16(11-22)10-15-5-7-17(29-3)8-6-15/h4-10H,12H2,1-3H3,(H,23,25)/b16-10+. The van der Waals surface area contributed by atoms with Gasteiger partial charge >= 0.3 is 5.97 Å². The van der Waals surface area contributed by atoms with Crippen LogP contribution < -0.4 is 10.1 Å². The minimum Gasteiger partial charge on any atom is -0.497 e. The Labute approximate surface area is 172 Å². The van der Waals surface area contributed by atoms with Crippen LogP contribution in [0.25, 0.3) is 6.08 Å². The number of hydrogen-bond acceptors (Lipinski definition) is 7. The van der Waals surface area contributed by atoms with Crippen LogP contribution >= 0.6 is 0 Å². The molecule has 1 amide bonds. The summed E-state index contributed by atoms with van der Waals surface area (Å²) in [7, 11) is 1.51. The van der Waals surface area contributed by atoms with Gasteiger partial charge in [-0.15, -0.1) is 0 Å². The van der Waals surface area contributed by atoms with Crippen molar-refractivity contribution in [1.82, 2.24) is 0 Å². The van der Waals surface area contributed by atoms with Crippen LogP contribution in [0.15, 0.2) is 42.0 Å². The molecule has 0 aliphatic rings. The van der Waals surface area contributed by atoms with Crippen molar-refractivity contribution < 1.29 is 24.0 Å². The van der Waals surface area contributed by atoms with Gasteiger partial charge in [0.15, 0.2) is 6.61 Å². The van der Waals surface area contributed by atoms with E-state index in [0.29, 0.717) is 16.9 Å². The summed E-state index contributed by atoms with van der Waals surface area (Å²) in [4.78, 5) is 34.9. The Bertz CT molecular complexity index is 1050. The van der Waals surface area contributed by atoms with E-state index < -0.39 is 23.4 Å². The van der Waals surface area contributed by atoms with E-state index in [9.17, 15) is 25.0 Å². The number of nitro groups is 1. The van der Waals surface area contributed by atoms with E-state index in [2.05, 4.69) is 5.32 Å². The summed E-state index contributed by atoms with van der Waals surface area (Å²) in [5.74, 6) is -1.13. The van der Waals surface area contributed by atoms with Gasteiger partial charge in [0, 0.05) is 6.07 Å². The average Bonchev–Trinajstić information content (AvgIpc) is 2.73. The zero-order chi connectivity index (χ0) is 22.3. The van der Waals surface area contributed by atoms with Gasteiger partial charge in [0.2, 0.25) is 0 Å². The molecule has 154 valence electrons. The summed E-state index contributed by atoms with van der Waals surface area (Å²) in [5, 5.41) is 22.8. The average molecular weight is 409 g/mol. The van der Waals surface area contributed by atoms with Gasteiger partial charge in [0.05, 0.1) is 12.0 Å². The molecule has 0 spiro atoms. The van der Waals surface area contributed by atoms with E-state index in [0.717, 1.165) is 5.56 Å². The highest BCUT2D eigenvalue weighted by molar-refractivity contribution is 6.00. The maximum absolute atomic E-state index is 12.2. The van der Waals surface area contributed by atoms with Gasteiger partial charge < -0.3 is 14.8 Å². The fourth-order valence-electron chi connectivity index (χ4n) is 2.50. The number of nitro benzene ring substituents is 1. The molecule has 9 heteroatoms. The zero-order valence-electron chi connectivity index (χ0n) is 16.6. The molecule has 0 saturated carbocycles. The Balaban J connectivity index is 2.07. The topological polar surface area (TPSA) is 132 Å². The summed E-state index contributed by atoms with van der Waals surface area (Å²) in [6.07, 6.45) is 1.31. The first kappa shape index (κ1) is 22.1. The molecule has 0 unspecified atom stereocenters. The summed E-state index contributed by atoms with van der Waals surface area (Å²) in [6.45, 7) is 2.68. The van der Waals surface area contributed by atoms with Crippen molar-refractivity contribution in [3.05, 3.63) is 68.8 Å². The van der Waals surface area contributed by atoms with Crippen molar-refractivity contribution in [2.45, 2.75) is 13.8 Å². The summed E-state index contributed by atoms with van der Waals surface area (Å²) < 4.78 is 9.92. The van der Waals surface area contributed by atoms with Crippen LogP contribution in [0.3, 0.4) is 0 Å². The van der Waals surface area contributed by atoms with Crippen LogP contribution in [-0.2, 0) is 14.3 Å². The lowest BCUT2D eigenvalue weighted by Gasteiger charge is -2.11. The highest BCUT2D eigenvalue weighted by Crippen LogP contribution is 2.30. The van der Waals surface area contributed by atoms with E-state index in [1.54, 1.807) is 50.2 Å². The number of nitrogens with one attached hydrogen (secondary N) is 1. The van der Waals surface area contributed by atoms with E-state index in [1.165, 1.54) is 19.3 Å².